The van der Waals surface area contributed by atoms with E-state index in [1.807, 2.05) is 0 Å². The van der Waals surface area contributed by atoms with Crippen molar-refractivity contribution in [2.24, 2.45) is 0 Å². The Bertz CT molecular complexity index is 546. The lowest BCUT2D eigenvalue weighted by Crippen LogP contribution is -2.00. The number of halogens is 1. The van der Waals surface area contributed by atoms with Gasteiger partial charge in [0.05, 0.1) is 4.90 Å². The Labute approximate surface area is 91.9 Å². The van der Waals surface area contributed by atoms with Crippen molar-refractivity contribution in [3.63, 3.8) is 0 Å². The molecule has 0 unspecified atom stereocenters. The van der Waals surface area contributed by atoms with Crippen LogP contribution in [-0.2, 0) is 14.6 Å². The van der Waals surface area contributed by atoms with Crippen LogP contribution in [0.1, 0.15) is 5.56 Å². The summed E-state index contributed by atoms with van der Waals surface area (Å²) in [7, 11) is -3.51. The van der Waals surface area contributed by atoms with Crippen molar-refractivity contribution in [3.8, 4) is 0 Å². The first-order chi connectivity index (χ1) is 7.30. The monoisotopic (exact) mass is 244 g/mol. The molecule has 4 nitrogen and oxygen atoms in total. The molecule has 1 aromatic rings. The SMILES string of the molecule is CS(=O)(=O)c1ccc(F)cc1/C=C/C(=O)O. The average molecular weight is 244 g/mol. The molecular formula is C10H9FO4S. The van der Waals surface area contributed by atoms with Crippen LogP contribution in [0.25, 0.3) is 6.08 Å². The van der Waals surface area contributed by atoms with Crippen molar-refractivity contribution in [1.82, 2.24) is 0 Å². The van der Waals surface area contributed by atoms with Crippen LogP contribution < -0.4 is 0 Å². The van der Waals surface area contributed by atoms with Crippen molar-refractivity contribution in [2.75, 3.05) is 6.26 Å². The van der Waals surface area contributed by atoms with Crippen LogP contribution in [0.15, 0.2) is 29.2 Å². The van der Waals surface area contributed by atoms with Gasteiger partial charge in [-0.1, -0.05) is 0 Å². The van der Waals surface area contributed by atoms with E-state index < -0.39 is 21.6 Å². The van der Waals surface area contributed by atoms with Crippen LogP contribution in [0, 0.1) is 5.82 Å². The summed E-state index contributed by atoms with van der Waals surface area (Å²) in [5.41, 5.74) is 0.0184. The molecule has 1 rings (SSSR count). The molecule has 0 aromatic heterocycles. The minimum atomic E-state index is -3.51. The highest BCUT2D eigenvalue weighted by Crippen LogP contribution is 2.18. The second-order valence-corrected chi connectivity index (χ2v) is 5.11. The first-order valence-electron chi connectivity index (χ1n) is 4.21. The zero-order valence-corrected chi connectivity index (χ0v) is 9.16. The van der Waals surface area contributed by atoms with E-state index in [-0.39, 0.29) is 10.5 Å². The molecule has 0 saturated carbocycles. The van der Waals surface area contributed by atoms with Gasteiger partial charge in [-0.25, -0.2) is 17.6 Å². The zero-order valence-electron chi connectivity index (χ0n) is 8.34. The molecule has 6 heteroatoms. The normalized spacial score (nSPS) is 11.9. The van der Waals surface area contributed by atoms with E-state index in [2.05, 4.69) is 0 Å². The molecule has 0 radical (unpaired) electrons. The standard InChI is InChI=1S/C10H9FO4S/c1-16(14,15)9-4-3-8(11)6-7(9)2-5-10(12)13/h2-6H,1H3,(H,12,13)/b5-2+. The van der Waals surface area contributed by atoms with E-state index in [9.17, 15) is 17.6 Å². The molecule has 0 fully saturated rings. The number of carbonyl (C=O) groups is 1. The predicted molar refractivity (Wildman–Crippen MR) is 56.2 cm³/mol. The summed E-state index contributed by atoms with van der Waals surface area (Å²) in [5.74, 6) is -1.86. The maximum atomic E-state index is 12.9. The number of benzene rings is 1. The van der Waals surface area contributed by atoms with E-state index in [0.717, 1.165) is 36.6 Å². The number of aliphatic carboxylic acids is 1. The Morgan fingerprint density at radius 3 is 2.56 bits per heavy atom. The van der Waals surface area contributed by atoms with Gasteiger partial charge >= 0.3 is 5.97 Å². The second kappa shape index (κ2) is 4.44. The molecular weight excluding hydrogens is 235 g/mol. The quantitative estimate of drug-likeness (QED) is 0.643. The zero-order chi connectivity index (χ0) is 12.3. The minimum Gasteiger partial charge on any atom is -0.478 e. The molecule has 16 heavy (non-hydrogen) atoms. The van der Waals surface area contributed by atoms with Gasteiger partial charge in [-0.3, -0.25) is 0 Å². The van der Waals surface area contributed by atoms with Crippen molar-refractivity contribution in [1.29, 1.82) is 0 Å². The highest BCUT2D eigenvalue weighted by atomic mass is 32.2. The van der Waals surface area contributed by atoms with Gasteiger partial charge in [-0.15, -0.1) is 0 Å². The van der Waals surface area contributed by atoms with Gasteiger partial charge in [0.1, 0.15) is 5.82 Å². The van der Waals surface area contributed by atoms with E-state index in [4.69, 9.17) is 5.11 Å². The Kier molecular flexibility index (Phi) is 3.44. The molecule has 1 N–H and O–H groups in total. The first kappa shape index (κ1) is 12.4. The summed E-state index contributed by atoms with van der Waals surface area (Å²) in [6, 6.07) is 3.08. The predicted octanol–water partition coefficient (Wildman–Crippen LogP) is 1.33. The maximum Gasteiger partial charge on any atom is 0.328 e. The third-order valence-electron chi connectivity index (χ3n) is 1.78. The smallest absolute Gasteiger partial charge is 0.328 e. The molecule has 0 bridgehead atoms. The van der Waals surface area contributed by atoms with Gasteiger partial charge in [0.15, 0.2) is 9.84 Å². The van der Waals surface area contributed by atoms with Crippen LogP contribution in [-0.4, -0.2) is 25.7 Å². The van der Waals surface area contributed by atoms with Crippen LogP contribution in [0.5, 0.6) is 0 Å². The van der Waals surface area contributed by atoms with Crippen LogP contribution >= 0.6 is 0 Å². The molecule has 0 spiro atoms. The fourth-order valence-electron chi connectivity index (χ4n) is 1.15. The third-order valence-corrected chi connectivity index (χ3v) is 2.95. The Morgan fingerprint density at radius 2 is 2.06 bits per heavy atom. The molecule has 0 aliphatic rings. The van der Waals surface area contributed by atoms with E-state index >= 15 is 0 Å². The number of hydrogen-bond acceptors (Lipinski definition) is 3. The van der Waals surface area contributed by atoms with Crippen LogP contribution in [0.4, 0.5) is 4.39 Å². The van der Waals surface area contributed by atoms with Crippen molar-refractivity contribution in [3.05, 3.63) is 35.7 Å². The summed E-state index contributed by atoms with van der Waals surface area (Å²) in [5, 5.41) is 8.41. The van der Waals surface area contributed by atoms with E-state index in [0.29, 0.717) is 0 Å². The summed E-state index contributed by atoms with van der Waals surface area (Å²) in [4.78, 5) is 10.2. The number of rotatable bonds is 3. The van der Waals surface area contributed by atoms with Crippen molar-refractivity contribution in [2.45, 2.75) is 4.90 Å². The number of sulfone groups is 1. The lowest BCUT2D eigenvalue weighted by molar-refractivity contribution is -0.131. The lowest BCUT2D eigenvalue weighted by atomic mass is 10.2. The van der Waals surface area contributed by atoms with Gasteiger partial charge in [-0.2, -0.15) is 0 Å². The molecule has 1 aromatic carbocycles. The molecule has 86 valence electrons. The minimum absolute atomic E-state index is 0.0184. The van der Waals surface area contributed by atoms with Gasteiger partial charge in [0.2, 0.25) is 0 Å². The van der Waals surface area contributed by atoms with Gasteiger partial charge < -0.3 is 5.11 Å². The largest absolute Gasteiger partial charge is 0.478 e. The first-order valence-corrected chi connectivity index (χ1v) is 6.10. The number of carboxylic acids is 1. The Morgan fingerprint density at radius 1 is 1.44 bits per heavy atom. The van der Waals surface area contributed by atoms with E-state index in [1.165, 1.54) is 0 Å². The van der Waals surface area contributed by atoms with E-state index in [1.54, 1.807) is 0 Å². The molecule has 0 aliphatic heterocycles. The highest BCUT2D eigenvalue weighted by Gasteiger charge is 2.12. The number of hydrogen-bond donors (Lipinski definition) is 1. The average Bonchev–Trinajstić information content (AvgIpc) is 2.12. The van der Waals surface area contributed by atoms with Gasteiger partial charge in [-0.05, 0) is 29.8 Å². The maximum absolute atomic E-state index is 12.9. The summed E-state index contributed by atoms with van der Waals surface area (Å²) < 4.78 is 35.5. The number of carboxylic acid groups (broad SMARTS) is 1. The molecule has 0 heterocycles. The molecule has 0 saturated heterocycles. The van der Waals surface area contributed by atoms with Crippen LogP contribution in [0.2, 0.25) is 0 Å². The summed E-state index contributed by atoms with van der Waals surface area (Å²) in [6.45, 7) is 0. The Balaban J connectivity index is 3.35. The van der Waals surface area contributed by atoms with Crippen molar-refractivity contribution >= 4 is 21.9 Å². The van der Waals surface area contributed by atoms with Gasteiger partial charge in [0.25, 0.3) is 0 Å². The molecule has 0 atom stereocenters. The third kappa shape index (κ3) is 3.16. The summed E-state index contributed by atoms with van der Waals surface area (Å²) >= 11 is 0. The topological polar surface area (TPSA) is 71.4 Å². The molecule has 0 aliphatic carbocycles. The lowest BCUT2D eigenvalue weighted by Gasteiger charge is -2.03. The fourth-order valence-corrected chi connectivity index (χ4v) is 2.02. The highest BCUT2D eigenvalue weighted by molar-refractivity contribution is 7.90. The van der Waals surface area contributed by atoms with Gasteiger partial charge in [0, 0.05) is 12.3 Å². The summed E-state index contributed by atoms with van der Waals surface area (Å²) in [6.07, 6.45) is 2.77. The van der Waals surface area contributed by atoms with Crippen LogP contribution in [0.3, 0.4) is 0 Å². The second-order valence-electron chi connectivity index (χ2n) is 3.13. The molecule has 0 amide bonds. The Hall–Kier alpha value is -1.69. The fraction of sp³-hybridized carbons (Fsp3) is 0.100. The van der Waals surface area contributed by atoms with Crippen molar-refractivity contribution < 1.29 is 22.7 Å².